The van der Waals surface area contributed by atoms with Gasteiger partial charge in [-0.2, -0.15) is 0 Å². The van der Waals surface area contributed by atoms with E-state index in [9.17, 15) is 0 Å². The molecule has 4 aromatic rings. The van der Waals surface area contributed by atoms with E-state index in [1.54, 1.807) is 0 Å². The molecule has 0 bridgehead atoms. The van der Waals surface area contributed by atoms with Crippen molar-refractivity contribution in [2.24, 2.45) is 7.05 Å². The van der Waals surface area contributed by atoms with Crippen LogP contribution in [0.2, 0.25) is 0 Å². The molecular weight excluding hydrogens is 369 g/mol. The van der Waals surface area contributed by atoms with E-state index in [0.717, 1.165) is 16.7 Å². The van der Waals surface area contributed by atoms with E-state index in [-0.39, 0.29) is 6.85 Å². The van der Waals surface area contributed by atoms with Crippen LogP contribution in [0.4, 0.5) is 0 Å². The number of fused-ring (bicyclic) bond motifs is 3. The highest BCUT2D eigenvalue weighted by Crippen LogP contribution is 2.29. The molecule has 1 aliphatic heterocycles. The Labute approximate surface area is 177 Å². The summed E-state index contributed by atoms with van der Waals surface area (Å²) < 4.78 is 8.60. The van der Waals surface area contributed by atoms with Gasteiger partial charge < -0.3 is 9.23 Å². The lowest BCUT2D eigenvalue weighted by atomic mass is 9.51. The molecule has 30 heavy (non-hydrogen) atoms. The first-order valence-corrected chi connectivity index (χ1v) is 10.3. The fourth-order valence-electron chi connectivity index (χ4n) is 4.62. The SMILES string of the molecule is CC1=CN(C)B(c2cc(C)c(-c3ccccc3)c[n+]2C)c2oc3nc(C)ccc3c21. The topological polar surface area (TPSA) is 33.2 Å². The summed E-state index contributed by atoms with van der Waals surface area (Å²) in [5.41, 5.74) is 9.94. The number of aromatic nitrogens is 2. The molecule has 0 atom stereocenters. The summed E-state index contributed by atoms with van der Waals surface area (Å²) in [6.07, 6.45) is 4.44. The molecule has 4 heterocycles. The van der Waals surface area contributed by atoms with E-state index in [4.69, 9.17) is 4.42 Å². The van der Waals surface area contributed by atoms with Crippen molar-refractivity contribution < 1.29 is 8.98 Å². The Morgan fingerprint density at radius 2 is 1.80 bits per heavy atom. The third-order valence-electron chi connectivity index (χ3n) is 6.05. The van der Waals surface area contributed by atoms with Gasteiger partial charge in [0.25, 0.3) is 0 Å². The molecule has 0 amide bonds. The molecule has 5 rings (SSSR count). The van der Waals surface area contributed by atoms with Crippen LogP contribution < -0.4 is 15.8 Å². The van der Waals surface area contributed by atoms with Crippen LogP contribution in [0.15, 0.2) is 65.3 Å². The van der Waals surface area contributed by atoms with Gasteiger partial charge in [0.1, 0.15) is 12.7 Å². The van der Waals surface area contributed by atoms with Crippen LogP contribution in [0.1, 0.15) is 23.7 Å². The molecule has 0 aliphatic carbocycles. The van der Waals surface area contributed by atoms with Gasteiger partial charge in [-0.3, -0.25) is 0 Å². The summed E-state index contributed by atoms with van der Waals surface area (Å²) in [5.74, 6) is 0. The zero-order chi connectivity index (χ0) is 21.0. The molecule has 4 nitrogen and oxygen atoms in total. The second kappa shape index (κ2) is 6.87. The van der Waals surface area contributed by atoms with Crippen LogP contribution in [-0.2, 0) is 7.05 Å². The van der Waals surface area contributed by atoms with Gasteiger partial charge in [-0.05, 0) is 62.9 Å². The van der Waals surface area contributed by atoms with Gasteiger partial charge in [-0.1, -0.05) is 30.3 Å². The van der Waals surface area contributed by atoms with Crippen molar-refractivity contribution in [3.63, 3.8) is 0 Å². The van der Waals surface area contributed by atoms with Crippen LogP contribution in [0.5, 0.6) is 0 Å². The fraction of sp³-hybridized carbons (Fsp3) is 0.200. The van der Waals surface area contributed by atoms with E-state index in [1.807, 2.05) is 6.92 Å². The Balaban J connectivity index is 1.70. The second-order valence-electron chi connectivity index (χ2n) is 8.30. The zero-order valence-electron chi connectivity index (χ0n) is 18.1. The lowest BCUT2D eigenvalue weighted by molar-refractivity contribution is -0.653. The number of hydrogen-bond acceptors (Lipinski definition) is 3. The summed E-state index contributed by atoms with van der Waals surface area (Å²) in [7, 11) is 4.23. The van der Waals surface area contributed by atoms with E-state index < -0.39 is 0 Å². The van der Waals surface area contributed by atoms with Crippen LogP contribution in [0, 0.1) is 13.8 Å². The number of rotatable bonds is 2. The van der Waals surface area contributed by atoms with Crippen molar-refractivity contribution in [3.8, 4) is 11.1 Å². The van der Waals surface area contributed by atoms with E-state index in [1.165, 1.54) is 33.4 Å². The molecule has 148 valence electrons. The highest BCUT2D eigenvalue weighted by Gasteiger charge is 2.41. The maximum absolute atomic E-state index is 6.38. The third kappa shape index (κ3) is 2.85. The molecule has 0 N–H and O–H groups in total. The minimum atomic E-state index is -0.00766. The van der Waals surface area contributed by atoms with E-state index in [2.05, 4.69) is 103 Å². The fourth-order valence-corrected chi connectivity index (χ4v) is 4.62. The highest BCUT2D eigenvalue weighted by atomic mass is 16.3. The van der Waals surface area contributed by atoms with Crippen molar-refractivity contribution >= 4 is 34.8 Å². The minimum absolute atomic E-state index is 0.00766. The quantitative estimate of drug-likeness (QED) is 0.386. The normalized spacial score (nSPS) is 13.6. The van der Waals surface area contributed by atoms with Gasteiger partial charge in [0.05, 0.1) is 0 Å². The first-order chi connectivity index (χ1) is 14.4. The molecule has 0 unspecified atom stereocenters. The monoisotopic (exact) mass is 394 g/mol. The molecule has 1 aliphatic rings. The Kier molecular flexibility index (Phi) is 4.28. The number of furan rings is 1. The number of aryl methyl sites for hydroxylation is 3. The zero-order valence-corrected chi connectivity index (χ0v) is 18.1. The predicted molar refractivity (Wildman–Crippen MR) is 123 cm³/mol. The molecule has 1 aromatic carbocycles. The Morgan fingerprint density at radius 3 is 2.57 bits per heavy atom. The maximum Gasteiger partial charge on any atom is 0.443 e. The van der Waals surface area contributed by atoms with Gasteiger partial charge in [-0.25, -0.2) is 9.55 Å². The highest BCUT2D eigenvalue weighted by molar-refractivity contribution is 6.82. The molecule has 0 saturated heterocycles. The smallest absolute Gasteiger partial charge is 0.443 e. The first kappa shape index (κ1) is 18.7. The van der Waals surface area contributed by atoms with Crippen molar-refractivity contribution in [1.82, 2.24) is 9.79 Å². The molecular formula is C25H25BN3O+. The molecule has 5 heteroatoms. The summed E-state index contributed by atoms with van der Waals surface area (Å²) in [4.78, 5) is 6.88. The maximum atomic E-state index is 6.38. The predicted octanol–water partition coefficient (Wildman–Crippen LogP) is 3.35. The number of hydrogen-bond donors (Lipinski definition) is 0. The van der Waals surface area contributed by atoms with E-state index in [0.29, 0.717) is 5.71 Å². The number of nitrogens with zero attached hydrogens (tertiary/aromatic N) is 3. The average Bonchev–Trinajstić information content (AvgIpc) is 3.09. The third-order valence-corrected chi connectivity index (χ3v) is 6.05. The summed E-state index contributed by atoms with van der Waals surface area (Å²) in [6, 6.07) is 17.0. The summed E-state index contributed by atoms with van der Waals surface area (Å²) in [6.45, 7) is 6.32. The molecule has 0 radical (unpaired) electrons. The van der Waals surface area contributed by atoms with E-state index >= 15 is 0 Å². The molecule has 0 spiro atoms. The Hall–Kier alpha value is -3.34. The van der Waals surface area contributed by atoms with Gasteiger partial charge in [0.2, 0.25) is 5.71 Å². The van der Waals surface area contributed by atoms with Crippen LogP contribution >= 0.6 is 0 Å². The Morgan fingerprint density at radius 1 is 1.03 bits per heavy atom. The lowest BCUT2D eigenvalue weighted by Gasteiger charge is -2.26. The minimum Gasteiger partial charge on any atom is -0.449 e. The molecule has 0 saturated carbocycles. The van der Waals surface area contributed by atoms with Crippen molar-refractivity contribution in [2.75, 3.05) is 7.05 Å². The second-order valence-corrected chi connectivity index (χ2v) is 8.30. The summed E-state index contributed by atoms with van der Waals surface area (Å²) in [5, 5.41) is 1.09. The van der Waals surface area contributed by atoms with Crippen LogP contribution in [0.25, 0.3) is 27.8 Å². The lowest BCUT2D eigenvalue weighted by Crippen LogP contribution is -2.65. The first-order valence-electron chi connectivity index (χ1n) is 10.3. The number of allylic oxidation sites excluding steroid dienone is 1. The van der Waals surface area contributed by atoms with Crippen molar-refractivity contribution in [3.05, 3.63) is 77.7 Å². The van der Waals surface area contributed by atoms with Gasteiger partial charge in [0, 0.05) is 28.3 Å². The van der Waals surface area contributed by atoms with Crippen molar-refractivity contribution in [2.45, 2.75) is 20.8 Å². The van der Waals surface area contributed by atoms with Gasteiger partial charge in [0.15, 0.2) is 11.8 Å². The molecule has 0 fully saturated rings. The summed E-state index contributed by atoms with van der Waals surface area (Å²) >= 11 is 0. The van der Waals surface area contributed by atoms with Gasteiger partial charge in [-0.15, -0.1) is 0 Å². The Bertz CT molecular complexity index is 1310. The molecule has 3 aromatic heterocycles. The standard InChI is InChI=1S/C25H25BN3O/c1-16-13-22(28(4)15-21(16)19-9-7-6-8-10-19)26-24-23(17(2)14-29(26)5)20-12-11-18(3)27-25(20)30-24/h6-15H,1-5H3/q+1. The number of benzene rings is 1. The number of pyridine rings is 2. The largest absolute Gasteiger partial charge is 0.449 e. The van der Waals surface area contributed by atoms with Gasteiger partial charge >= 0.3 is 6.85 Å². The average molecular weight is 394 g/mol. The van der Waals surface area contributed by atoms with Crippen molar-refractivity contribution in [1.29, 1.82) is 0 Å². The van der Waals surface area contributed by atoms with Crippen LogP contribution in [0.3, 0.4) is 0 Å². The van der Waals surface area contributed by atoms with Crippen LogP contribution in [-0.4, -0.2) is 23.7 Å².